The molecule has 188 valence electrons. The van der Waals surface area contributed by atoms with Crippen LogP contribution in [-0.4, -0.2) is 96.3 Å². The van der Waals surface area contributed by atoms with Gasteiger partial charge in [-0.25, -0.2) is 0 Å². The van der Waals surface area contributed by atoms with E-state index in [2.05, 4.69) is 13.8 Å². The Morgan fingerprint density at radius 3 is 1.69 bits per heavy atom. The molecule has 0 amide bonds. The predicted molar refractivity (Wildman–Crippen MR) is 119 cm³/mol. The molecule has 0 bridgehead atoms. The van der Waals surface area contributed by atoms with Crippen molar-refractivity contribution in [1.29, 1.82) is 0 Å². The molecule has 0 aliphatic carbocycles. The third kappa shape index (κ3) is 14.1. The van der Waals surface area contributed by atoms with Gasteiger partial charge in [0.05, 0.1) is 59.0 Å². The fraction of sp³-hybridized carbons (Fsp3) is 1.00. The average Bonchev–Trinajstić information content (AvgIpc) is 3.66. The standard InChI is InChI=1S/2C12H22O4/c1-2-10(14-8-12-9-16-12)4-3-5-13-6-11-7-15-11;1-2-3-4-5-12(15-8-10-6-13-10)16-9-11-7-14-11/h2*10-12H,2-9H2,1H3. The molecule has 5 unspecified atom stereocenters. The second kappa shape index (κ2) is 15.6. The number of epoxide rings is 4. The van der Waals surface area contributed by atoms with Crippen molar-refractivity contribution in [1.82, 2.24) is 0 Å². The van der Waals surface area contributed by atoms with Crippen molar-refractivity contribution < 1.29 is 37.9 Å². The Balaban J connectivity index is 0.000000181. The molecule has 0 saturated carbocycles. The molecule has 32 heavy (non-hydrogen) atoms. The van der Waals surface area contributed by atoms with Crippen molar-refractivity contribution >= 4 is 0 Å². The lowest BCUT2D eigenvalue weighted by atomic mass is 10.1. The molecule has 0 aromatic rings. The van der Waals surface area contributed by atoms with Gasteiger partial charge in [-0.15, -0.1) is 0 Å². The lowest BCUT2D eigenvalue weighted by molar-refractivity contribution is -0.151. The quantitative estimate of drug-likeness (QED) is 0.156. The summed E-state index contributed by atoms with van der Waals surface area (Å²) in [6.45, 7) is 11.5. The minimum absolute atomic E-state index is 0.0695. The zero-order chi connectivity index (χ0) is 22.4. The van der Waals surface area contributed by atoms with Crippen LogP contribution in [0.5, 0.6) is 0 Å². The summed E-state index contributed by atoms with van der Waals surface area (Å²) < 4.78 is 43.0. The third-order valence-electron chi connectivity index (χ3n) is 5.68. The molecule has 0 aromatic carbocycles. The Morgan fingerprint density at radius 1 is 0.656 bits per heavy atom. The van der Waals surface area contributed by atoms with Gasteiger partial charge in [-0.05, 0) is 32.1 Å². The molecule has 4 saturated heterocycles. The molecule has 4 fully saturated rings. The highest BCUT2D eigenvalue weighted by Gasteiger charge is 2.27. The highest BCUT2D eigenvalue weighted by Crippen LogP contribution is 2.17. The first-order valence-corrected chi connectivity index (χ1v) is 12.7. The van der Waals surface area contributed by atoms with E-state index in [1.807, 2.05) is 0 Å². The molecule has 5 atom stereocenters. The van der Waals surface area contributed by atoms with Crippen LogP contribution in [0.1, 0.15) is 58.8 Å². The summed E-state index contributed by atoms with van der Waals surface area (Å²) in [4.78, 5) is 0. The van der Waals surface area contributed by atoms with Gasteiger partial charge in [-0.3, -0.25) is 0 Å². The number of hydrogen-bond donors (Lipinski definition) is 0. The van der Waals surface area contributed by atoms with Gasteiger partial charge in [0.25, 0.3) is 0 Å². The monoisotopic (exact) mass is 460 g/mol. The Bertz CT molecular complexity index is 447. The summed E-state index contributed by atoms with van der Waals surface area (Å²) in [6, 6.07) is 0. The van der Waals surface area contributed by atoms with Gasteiger partial charge in [0.1, 0.15) is 24.4 Å². The third-order valence-corrected chi connectivity index (χ3v) is 5.68. The molecule has 4 aliphatic rings. The van der Waals surface area contributed by atoms with Crippen molar-refractivity contribution in [2.45, 2.75) is 95.6 Å². The number of ether oxygens (including phenoxy) is 8. The van der Waals surface area contributed by atoms with Gasteiger partial charge in [0.15, 0.2) is 6.29 Å². The van der Waals surface area contributed by atoms with Gasteiger partial charge in [-0.1, -0.05) is 26.7 Å². The molecular weight excluding hydrogens is 416 g/mol. The van der Waals surface area contributed by atoms with Crippen LogP contribution in [0.4, 0.5) is 0 Å². The van der Waals surface area contributed by atoms with Gasteiger partial charge >= 0.3 is 0 Å². The van der Waals surface area contributed by atoms with E-state index in [0.717, 1.165) is 78.4 Å². The fourth-order valence-electron chi connectivity index (χ4n) is 3.14. The normalized spacial score (nSPS) is 29.1. The molecule has 8 nitrogen and oxygen atoms in total. The van der Waals surface area contributed by atoms with Crippen molar-refractivity contribution in [2.75, 3.05) is 59.5 Å². The summed E-state index contributed by atoms with van der Waals surface area (Å²) in [6.07, 6.45) is 9.50. The van der Waals surface area contributed by atoms with Gasteiger partial charge < -0.3 is 37.9 Å². The average molecular weight is 461 g/mol. The number of rotatable bonds is 20. The molecule has 4 rings (SSSR count). The van der Waals surface area contributed by atoms with Gasteiger partial charge in [0, 0.05) is 6.61 Å². The highest BCUT2D eigenvalue weighted by atomic mass is 16.7. The minimum Gasteiger partial charge on any atom is -0.379 e. The van der Waals surface area contributed by atoms with Crippen molar-refractivity contribution in [3.63, 3.8) is 0 Å². The molecular formula is C24H44O8. The van der Waals surface area contributed by atoms with E-state index in [9.17, 15) is 0 Å². The van der Waals surface area contributed by atoms with E-state index in [1.165, 1.54) is 12.8 Å². The topological polar surface area (TPSA) is 87.0 Å². The molecule has 8 heteroatoms. The van der Waals surface area contributed by atoms with Gasteiger partial charge in [0.2, 0.25) is 0 Å². The lowest BCUT2D eigenvalue weighted by Gasteiger charge is -2.17. The first-order chi connectivity index (χ1) is 15.8. The summed E-state index contributed by atoms with van der Waals surface area (Å²) in [5, 5.41) is 0. The predicted octanol–water partition coefficient (Wildman–Crippen LogP) is 3.10. The fourth-order valence-corrected chi connectivity index (χ4v) is 3.14. The van der Waals surface area contributed by atoms with E-state index >= 15 is 0 Å². The van der Waals surface area contributed by atoms with Crippen LogP contribution < -0.4 is 0 Å². The van der Waals surface area contributed by atoms with E-state index in [4.69, 9.17) is 37.9 Å². The zero-order valence-corrected chi connectivity index (χ0v) is 20.0. The summed E-state index contributed by atoms with van der Waals surface area (Å²) in [5.41, 5.74) is 0. The largest absolute Gasteiger partial charge is 0.379 e. The van der Waals surface area contributed by atoms with Crippen molar-refractivity contribution in [3.8, 4) is 0 Å². The van der Waals surface area contributed by atoms with E-state index in [1.54, 1.807) is 0 Å². The van der Waals surface area contributed by atoms with Crippen LogP contribution in [-0.2, 0) is 37.9 Å². The number of unbranched alkanes of at least 4 members (excludes halogenated alkanes) is 2. The maximum atomic E-state index is 5.75. The molecule has 4 heterocycles. The maximum absolute atomic E-state index is 5.75. The van der Waals surface area contributed by atoms with E-state index in [0.29, 0.717) is 43.7 Å². The molecule has 0 aromatic heterocycles. The number of hydrogen-bond acceptors (Lipinski definition) is 8. The Morgan fingerprint density at radius 2 is 1.19 bits per heavy atom. The van der Waals surface area contributed by atoms with Crippen LogP contribution in [0.25, 0.3) is 0 Å². The lowest BCUT2D eigenvalue weighted by Crippen LogP contribution is -2.22. The van der Waals surface area contributed by atoms with E-state index in [-0.39, 0.29) is 6.29 Å². The SMILES string of the molecule is CCC(CCCOCC1CO1)OCC1CO1.CCCCCC(OCC1CO1)OCC1CO1. The van der Waals surface area contributed by atoms with Crippen LogP contribution >= 0.6 is 0 Å². The van der Waals surface area contributed by atoms with Crippen molar-refractivity contribution in [2.24, 2.45) is 0 Å². The minimum atomic E-state index is -0.0695. The summed E-state index contributed by atoms with van der Waals surface area (Å²) in [5.74, 6) is 0. The summed E-state index contributed by atoms with van der Waals surface area (Å²) in [7, 11) is 0. The van der Waals surface area contributed by atoms with Crippen molar-refractivity contribution in [3.05, 3.63) is 0 Å². The smallest absolute Gasteiger partial charge is 0.157 e. The Kier molecular flexibility index (Phi) is 12.8. The molecule has 0 radical (unpaired) electrons. The van der Waals surface area contributed by atoms with Crippen LogP contribution in [0.2, 0.25) is 0 Å². The second-order valence-corrected chi connectivity index (χ2v) is 8.99. The summed E-state index contributed by atoms with van der Waals surface area (Å²) >= 11 is 0. The highest BCUT2D eigenvalue weighted by molar-refractivity contribution is 4.71. The van der Waals surface area contributed by atoms with Crippen LogP contribution in [0.3, 0.4) is 0 Å². The van der Waals surface area contributed by atoms with Crippen LogP contribution in [0, 0.1) is 0 Å². The Hall–Kier alpha value is -0.320. The molecule has 0 spiro atoms. The van der Waals surface area contributed by atoms with Crippen LogP contribution in [0.15, 0.2) is 0 Å². The molecule has 0 N–H and O–H groups in total. The Labute approximate surface area is 193 Å². The molecule has 4 aliphatic heterocycles. The van der Waals surface area contributed by atoms with Gasteiger partial charge in [-0.2, -0.15) is 0 Å². The zero-order valence-electron chi connectivity index (χ0n) is 20.0. The first-order valence-electron chi connectivity index (χ1n) is 12.7. The maximum Gasteiger partial charge on any atom is 0.157 e. The second-order valence-electron chi connectivity index (χ2n) is 8.99. The van der Waals surface area contributed by atoms with E-state index < -0.39 is 0 Å². The first kappa shape index (κ1) is 26.3.